The highest BCUT2D eigenvalue weighted by atomic mass is 32.1. The molecule has 8 heteroatoms. The molecule has 2 rings (SSSR count). The number of hydrogen-bond donors (Lipinski definition) is 2. The SMILES string of the molecule is COc1ccc(CCNC(=S)N=Cc2c(O)cc(C)oc2=O)cc1OC. The summed E-state index contributed by atoms with van der Waals surface area (Å²) in [6.45, 7) is 2.11. The van der Waals surface area contributed by atoms with Crippen molar-refractivity contribution in [3.05, 3.63) is 51.6 Å². The summed E-state index contributed by atoms with van der Waals surface area (Å²) in [6, 6.07) is 7.01. The Morgan fingerprint density at radius 1 is 1.31 bits per heavy atom. The van der Waals surface area contributed by atoms with Crippen LogP contribution in [0.3, 0.4) is 0 Å². The molecule has 26 heavy (non-hydrogen) atoms. The number of ether oxygens (including phenoxy) is 2. The number of aryl methyl sites for hydroxylation is 1. The van der Waals surface area contributed by atoms with E-state index < -0.39 is 5.63 Å². The predicted molar refractivity (Wildman–Crippen MR) is 103 cm³/mol. The van der Waals surface area contributed by atoms with Crippen LogP contribution in [0, 0.1) is 6.92 Å². The smallest absolute Gasteiger partial charge is 0.348 e. The van der Waals surface area contributed by atoms with Gasteiger partial charge in [0.05, 0.1) is 14.2 Å². The maximum absolute atomic E-state index is 11.7. The molecule has 138 valence electrons. The summed E-state index contributed by atoms with van der Waals surface area (Å²) in [7, 11) is 3.17. The highest BCUT2D eigenvalue weighted by molar-refractivity contribution is 7.80. The highest BCUT2D eigenvalue weighted by Gasteiger charge is 2.07. The van der Waals surface area contributed by atoms with Gasteiger partial charge in [0.15, 0.2) is 16.6 Å². The average Bonchev–Trinajstić information content (AvgIpc) is 2.60. The first-order valence-electron chi connectivity index (χ1n) is 7.81. The lowest BCUT2D eigenvalue weighted by Crippen LogP contribution is -2.22. The van der Waals surface area contributed by atoms with Gasteiger partial charge in [-0.3, -0.25) is 0 Å². The van der Waals surface area contributed by atoms with E-state index in [1.165, 1.54) is 12.3 Å². The summed E-state index contributed by atoms with van der Waals surface area (Å²) >= 11 is 5.10. The van der Waals surface area contributed by atoms with Gasteiger partial charge in [0.2, 0.25) is 0 Å². The van der Waals surface area contributed by atoms with Crippen LogP contribution in [0.4, 0.5) is 0 Å². The summed E-state index contributed by atoms with van der Waals surface area (Å²) in [5, 5.41) is 12.9. The van der Waals surface area contributed by atoms with Crippen molar-refractivity contribution >= 4 is 23.5 Å². The number of aromatic hydroxyl groups is 1. The van der Waals surface area contributed by atoms with Gasteiger partial charge < -0.3 is 24.3 Å². The van der Waals surface area contributed by atoms with Crippen molar-refractivity contribution in [1.29, 1.82) is 0 Å². The molecule has 0 atom stereocenters. The fourth-order valence-electron chi connectivity index (χ4n) is 2.24. The minimum Gasteiger partial charge on any atom is -0.507 e. The van der Waals surface area contributed by atoms with Crippen LogP contribution in [0.15, 0.2) is 38.5 Å². The molecule has 0 aliphatic carbocycles. The molecule has 7 nitrogen and oxygen atoms in total. The fraction of sp³-hybridized carbons (Fsp3) is 0.278. The fourth-order valence-corrected chi connectivity index (χ4v) is 2.40. The van der Waals surface area contributed by atoms with Crippen molar-refractivity contribution in [2.24, 2.45) is 4.99 Å². The third-order valence-electron chi connectivity index (χ3n) is 3.54. The van der Waals surface area contributed by atoms with Crippen molar-refractivity contribution in [1.82, 2.24) is 5.32 Å². The minimum atomic E-state index is -0.667. The van der Waals surface area contributed by atoms with E-state index in [1.54, 1.807) is 21.1 Å². The molecule has 0 fully saturated rings. The topological polar surface area (TPSA) is 93.3 Å². The van der Waals surface area contributed by atoms with E-state index in [4.69, 9.17) is 26.1 Å². The molecule has 0 radical (unpaired) electrons. The monoisotopic (exact) mass is 376 g/mol. The largest absolute Gasteiger partial charge is 0.507 e. The maximum Gasteiger partial charge on any atom is 0.348 e. The van der Waals surface area contributed by atoms with Crippen LogP contribution in [0.2, 0.25) is 0 Å². The summed E-state index contributed by atoms with van der Waals surface area (Å²) in [4.78, 5) is 15.7. The van der Waals surface area contributed by atoms with E-state index >= 15 is 0 Å². The predicted octanol–water partition coefficient (Wildman–Crippen LogP) is 2.21. The van der Waals surface area contributed by atoms with Crippen LogP contribution < -0.4 is 20.4 Å². The molecule has 1 aromatic heterocycles. The number of rotatable bonds is 6. The Morgan fingerprint density at radius 3 is 2.69 bits per heavy atom. The lowest BCUT2D eigenvalue weighted by Gasteiger charge is -2.10. The molecule has 0 amide bonds. The molecule has 2 N–H and O–H groups in total. The Bertz CT molecular complexity index is 876. The standard InChI is InChI=1S/C18H20N2O5S/c1-11-8-14(21)13(17(22)25-11)10-20-18(26)19-7-6-12-4-5-15(23-2)16(9-12)24-3/h4-5,8-10,21H,6-7H2,1-3H3,(H,19,26). The van der Waals surface area contributed by atoms with E-state index in [0.717, 1.165) is 5.56 Å². The second-order valence-electron chi connectivity index (χ2n) is 5.37. The van der Waals surface area contributed by atoms with Gasteiger partial charge in [-0.1, -0.05) is 6.07 Å². The summed E-state index contributed by atoms with van der Waals surface area (Å²) in [5.41, 5.74) is 0.331. The minimum absolute atomic E-state index is 0.0420. The molecular formula is C18H20N2O5S. The number of thiocarbonyl (C=S) groups is 1. The Balaban J connectivity index is 1.92. The molecule has 1 heterocycles. The Kier molecular flexibility index (Phi) is 6.74. The molecule has 2 aromatic rings. The Morgan fingerprint density at radius 2 is 2.04 bits per heavy atom. The summed E-state index contributed by atoms with van der Waals surface area (Å²) < 4.78 is 15.4. The van der Waals surface area contributed by atoms with Crippen LogP contribution in [0.25, 0.3) is 0 Å². The van der Waals surface area contributed by atoms with Gasteiger partial charge in [0.1, 0.15) is 17.1 Å². The lowest BCUT2D eigenvalue weighted by atomic mass is 10.1. The zero-order chi connectivity index (χ0) is 19.1. The molecule has 0 saturated heterocycles. The molecule has 0 bridgehead atoms. The van der Waals surface area contributed by atoms with Gasteiger partial charge >= 0.3 is 5.63 Å². The molecule has 0 spiro atoms. The van der Waals surface area contributed by atoms with Crippen LogP contribution in [-0.2, 0) is 6.42 Å². The number of benzene rings is 1. The van der Waals surface area contributed by atoms with Gasteiger partial charge in [-0.2, -0.15) is 0 Å². The van der Waals surface area contributed by atoms with Gasteiger partial charge in [-0.05, 0) is 43.3 Å². The molecule has 0 aliphatic heterocycles. The first kappa shape index (κ1) is 19.5. The van der Waals surface area contributed by atoms with Crippen LogP contribution in [-0.4, -0.2) is 37.2 Å². The van der Waals surface area contributed by atoms with Gasteiger partial charge in [-0.15, -0.1) is 0 Å². The van der Waals surface area contributed by atoms with Gasteiger partial charge in [-0.25, -0.2) is 9.79 Å². The molecular weight excluding hydrogens is 356 g/mol. The average molecular weight is 376 g/mol. The zero-order valence-electron chi connectivity index (χ0n) is 14.7. The van der Waals surface area contributed by atoms with Gasteiger partial charge in [0.25, 0.3) is 0 Å². The maximum atomic E-state index is 11.7. The Hall–Kier alpha value is -2.87. The first-order valence-corrected chi connectivity index (χ1v) is 8.22. The lowest BCUT2D eigenvalue weighted by molar-refractivity contribution is 0.354. The van der Waals surface area contributed by atoms with E-state index in [-0.39, 0.29) is 16.4 Å². The third kappa shape index (κ3) is 5.06. The summed E-state index contributed by atoms with van der Waals surface area (Å²) in [6.07, 6.45) is 1.88. The van der Waals surface area contributed by atoms with Crippen molar-refractivity contribution < 1.29 is 19.0 Å². The number of nitrogens with one attached hydrogen (secondary N) is 1. The number of aliphatic imine (C=N–C) groups is 1. The van der Waals surface area contributed by atoms with Crippen molar-refractivity contribution in [3.63, 3.8) is 0 Å². The van der Waals surface area contributed by atoms with E-state index in [1.807, 2.05) is 18.2 Å². The number of nitrogens with zero attached hydrogens (tertiary/aromatic N) is 1. The third-order valence-corrected chi connectivity index (χ3v) is 3.79. The van der Waals surface area contributed by atoms with E-state index in [9.17, 15) is 9.90 Å². The van der Waals surface area contributed by atoms with Crippen molar-refractivity contribution in [2.75, 3.05) is 20.8 Å². The normalized spacial score (nSPS) is 10.7. The van der Waals surface area contributed by atoms with E-state index in [2.05, 4.69) is 10.3 Å². The quantitative estimate of drug-likeness (QED) is 0.590. The summed E-state index contributed by atoms with van der Waals surface area (Å²) in [5.74, 6) is 1.45. The Labute approximate surface area is 156 Å². The second-order valence-corrected chi connectivity index (χ2v) is 5.76. The number of hydrogen-bond acceptors (Lipinski definition) is 6. The molecule has 0 saturated carbocycles. The molecule has 0 aliphatic rings. The van der Waals surface area contributed by atoms with Crippen molar-refractivity contribution in [3.8, 4) is 17.2 Å². The molecule has 1 aromatic carbocycles. The highest BCUT2D eigenvalue weighted by Crippen LogP contribution is 2.27. The second kappa shape index (κ2) is 9.00. The van der Waals surface area contributed by atoms with Crippen LogP contribution in [0.1, 0.15) is 16.9 Å². The van der Waals surface area contributed by atoms with Gasteiger partial charge in [0, 0.05) is 18.8 Å². The zero-order valence-corrected chi connectivity index (χ0v) is 15.6. The molecule has 0 unspecified atom stereocenters. The first-order chi connectivity index (χ1) is 12.4. The van der Waals surface area contributed by atoms with E-state index in [0.29, 0.717) is 30.2 Å². The van der Waals surface area contributed by atoms with Crippen LogP contribution in [0.5, 0.6) is 17.2 Å². The van der Waals surface area contributed by atoms with Crippen LogP contribution >= 0.6 is 12.2 Å². The van der Waals surface area contributed by atoms with Crippen molar-refractivity contribution in [2.45, 2.75) is 13.3 Å². The number of methoxy groups -OCH3 is 2.